The Morgan fingerprint density at radius 2 is 1.67 bits per heavy atom. The summed E-state index contributed by atoms with van der Waals surface area (Å²) in [6, 6.07) is 0. The highest BCUT2D eigenvalue weighted by atomic mass is 16.1. The van der Waals surface area contributed by atoms with Gasteiger partial charge in [0.25, 0.3) is 0 Å². The second kappa shape index (κ2) is 5.01. The molecule has 0 radical (unpaired) electrons. The maximum absolute atomic E-state index is 11.5. The standard InChI is InChI=1S/C12H18N2O/c1-5-6-11(15)7-12-10(4)13-8(2)9(3)14-12/h5-7H2,1-4H3. The molecule has 82 valence electrons. The zero-order valence-corrected chi connectivity index (χ0v) is 9.92. The van der Waals surface area contributed by atoms with Crippen LogP contribution in [0.4, 0.5) is 0 Å². The summed E-state index contributed by atoms with van der Waals surface area (Å²) in [5, 5.41) is 0. The zero-order chi connectivity index (χ0) is 11.4. The molecule has 0 aliphatic carbocycles. The average molecular weight is 206 g/mol. The third-order valence-corrected chi connectivity index (χ3v) is 2.47. The van der Waals surface area contributed by atoms with Gasteiger partial charge in [-0.3, -0.25) is 14.8 Å². The molecular weight excluding hydrogens is 188 g/mol. The summed E-state index contributed by atoms with van der Waals surface area (Å²) in [5.41, 5.74) is 3.57. The zero-order valence-electron chi connectivity index (χ0n) is 9.92. The lowest BCUT2D eigenvalue weighted by molar-refractivity contribution is -0.118. The molecule has 0 bridgehead atoms. The van der Waals surface area contributed by atoms with Crippen molar-refractivity contribution in [1.82, 2.24) is 9.97 Å². The SMILES string of the molecule is CCCC(=O)Cc1nc(C)c(C)nc1C. The Morgan fingerprint density at radius 1 is 1.07 bits per heavy atom. The van der Waals surface area contributed by atoms with E-state index in [0.717, 1.165) is 29.2 Å². The first-order valence-electron chi connectivity index (χ1n) is 5.37. The van der Waals surface area contributed by atoms with Crippen LogP contribution in [0, 0.1) is 20.8 Å². The lowest BCUT2D eigenvalue weighted by Crippen LogP contribution is -2.09. The van der Waals surface area contributed by atoms with E-state index in [-0.39, 0.29) is 5.78 Å². The maximum Gasteiger partial charge on any atom is 0.138 e. The lowest BCUT2D eigenvalue weighted by Gasteiger charge is -2.06. The first kappa shape index (κ1) is 11.8. The van der Waals surface area contributed by atoms with Gasteiger partial charge in [-0.05, 0) is 27.2 Å². The Kier molecular flexibility index (Phi) is 3.95. The first-order chi connectivity index (χ1) is 7.04. The van der Waals surface area contributed by atoms with Gasteiger partial charge in [0.05, 0.1) is 29.2 Å². The van der Waals surface area contributed by atoms with Crippen LogP contribution in [0.3, 0.4) is 0 Å². The van der Waals surface area contributed by atoms with E-state index in [9.17, 15) is 4.79 Å². The Bertz CT molecular complexity index is 372. The van der Waals surface area contributed by atoms with Crippen molar-refractivity contribution in [2.24, 2.45) is 0 Å². The fourth-order valence-corrected chi connectivity index (χ4v) is 1.48. The summed E-state index contributed by atoms with van der Waals surface area (Å²) < 4.78 is 0. The number of rotatable bonds is 4. The number of carbonyl (C=O) groups excluding carboxylic acids is 1. The molecule has 1 rings (SSSR count). The quantitative estimate of drug-likeness (QED) is 0.759. The van der Waals surface area contributed by atoms with Crippen LogP contribution in [0.5, 0.6) is 0 Å². The highest BCUT2D eigenvalue weighted by molar-refractivity contribution is 5.80. The van der Waals surface area contributed by atoms with E-state index in [1.54, 1.807) is 0 Å². The van der Waals surface area contributed by atoms with Gasteiger partial charge in [0.1, 0.15) is 5.78 Å². The van der Waals surface area contributed by atoms with Crippen molar-refractivity contribution in [3.8, 4) is 0 Å². The number of aromatic nitrogens is 2. The first-order valence-corrected chi connectivity index (χ1v) is 5.37. The Labute approximate surface area is 91.0 Å². The number of ketones is 1. The molecule has 0 aromatic carbocycles. The molecule has 0 amide bonds. The number of hydrogen-bond donors (Lipinski definition) is 0. The average Bonchev–Trinajstić information content (AvgIpc) is 2.14. The fourth-order valence-electron chi connectivity index (χ4n) is 1.48. The molecule has 0 spiro atoms. The van der Waals surface area contributed by atoms with Crippen molar-refractivity contribution in [1.29, 1.82) is 0 Å². The van der Waals surface area contributed by atoms with E-state index in [2.05, 4.69) is 9.97 Å². The van der Waals surface area contributed by atoms with Crippen LogP contribution in [0.15, 0.2) is 0 Å². The molecule has 1 aromatic rings. The van der Waals surface area contributed by atoms with Crippen LogP contribution in [0.1, 0.15) is 42.5 Å². The molecule has 0 fully saturated rings. The summed E-state index contributed by atoms with van der Waals surface area (Å²) in [5.74, 6) is 0.248. The van der Waals surface area contributed by atoms with Gasteiger partial charge in [0, 0.05) is 6.42 Å². The molecular formula is C12H18N2O. The minimum absolute atomic E-state index is 0.248. The largest absolute Gasteiger partial charge is 0.299 e. The van der Waals surface area contributed by atoms with Crippen molar-refractivity contribution in [2.75, 3.05) is 0 Å². The van der Waals surface area contributed by atoms with E-state index < -0.39 is 0 Å². The van der Waals surface area contributed by atoms with Crippen LogP contribution < -0.4 is 0 Å². The summed E-state index contributed by atoms with van der Waals surface area (Å²) in [6.45, 7) is 7.79. The molecule has 0 aliphatic heterocycles. The summed E-state index contributed by atoms with van der Waals surface area (Å²) in [6.07, 6.45) is 1.96. The minimum Gasteiger partial charge on any atom is -0.299 e. The van der Waals surface area contributed by atoms with Crippen LogP contribution >= 0.6 is 0 Å². The fraction of sp³-hybridized carbons (Fsp3) is 0.583. The number of hydrogen-bond acceptors (Lipinski definition) is 3. The summed E-state index contributed by atoms with van der Waals surface area (Å²) in [4.78, 5) is 20.3. The van der Waals surface area contributed by atoms with E-state index >= 15 is 0 Å². The van der Waals surface area contributed by atoms with Gasteiger partial charge in [0.2, 0.25) is 0 Å². The Morgan fingerprint density at radius 3 is 2.27 bits per heavy atom. The highest BCUT2D eigenvalue weighted by Gasteiger charge is 2.09. The second-order valence-corrected chi connectivity index (χ2v) is 3.89. The van der Waals surface area contributed by atoms with Crippen LogP contribution in [-0.4, -0.2) is 15.8 Å². The maximum atomic E-state index is 11.5. The molecule has 1 aromatic heterocycles. The van der Waals surface area contributed by atoms with E-state index in [0.29, 0.717) is 12.8 Å². The molecule has 3 nitrogen and oxygen atoms in total. The smallest absolute Gasteiger partial charge is 0.138 e. The third-order valence-electron chi connectivity index (χ3n) is 2.47. The predicted molar refractivity (Wildman–Crippen MR) is 59.9 cm³/mol. The topological polar surface area (TPSA) is 42.9 Å². The van der Waals surface area contributed by atoms with Gasteiger partial charge in [-0.15, -0.1) is 0 Å². The van der Waals surface area contributed by atoms with Crippen LogP contribution in [0.2, 0.25) is 0 Å². The second-order valence-electron chi connectivity index (χ2n) is 3.89. The van der Waals surface area contributed by atoms with Crippen molar-refractivity contribution in [2.45, 2.75) is 47.0 Å². The molecule has 15 heavy (non-hydrogen) atoms. The van der Waals surface area contributed by atoms with Gasteiger partial charge in [0.15, 0.2) is 0 Å². The predicted octanol–water partition coefficient (Wildman–Crippen LogP) is 2.31. The van der Waals surface area contributed by atoms with Crippen molar-refractivity contribution >= 4 is 5.78 Å². The van der Waals surface area contributed by atoms with Gasteiger partial charge in [-0.25, -0.2) is 0 Å². The number of nitrogens with zero attached hydrogens (tertiary/aromatic N) is 2. The van der Waals surface area contributed by atoms with Gasteiger partial charge in [-0.2, -0.15) is 0 Å². The van der Waals surface area contributed by atoms with Gasteiger partial charge >= 0.3 is 0 Å². The van der Waals surface area contributed by atoms with Gasteiger partial charge in [-0.1, -0.05) is 6.92 Å². The van der Waals surface area contributed by atoms with Crippen molar-refractivity contribution in [3.05, 3.63) is 22.8 Å². The summed E-state index contributed by atoms with van der Waals surface area (Å²) >= 11 is 0. The van der Waals surface area contributed by atoms with Crippen LogP contribution in [-0.2, 0) is 11.2 Å². The normalized spacial score (nSPS) is 10.4. The number of carbonyl (C=O) groups is 1. The van der Waals surface area contributed by atoms with Crippen LogP contribution in [0.25, 0.3) is 0 Å². The van der Waals surface area contributed by atoms with Gasteiger partial charge < -0.3 is 0 Å². The van der Waals surface area contributed by atoms with E-state index in [1.807, 2.05) is 27.7 Å². The highest BCUT2D eigenvalue weighted by Crippen LogP contribution is 2.09. The van der Waals surface area contributed by atoms with E-state index in [4.69, 9.17) is 0 Å². The monoisotopic (exact) mass is 206 g/mol. The third kappa shape index (κ3) is 3.11. The molecule has 3 heteroatoms. The molecule has 0 aliphatic rings. The lowest BCUT2D eigenvalue weighted by atomic mass is 10.1. The molecule has 1 heterocycles. The number of aryl methyl sites for hydroxylation is 3. The Balaban J connectivity index is 2.86. The Hall–Kier alpha value is -1.25. The number of Topliss-reactive ketones (excluding diaryl/α,β-unsaturated/α-hetero) is 1. The minimum atomic E-state index is 0.248. The molecule has 0 saturated carbocycles. The molecule has 0 atom stereocenters. The molecule has 0 unspecified atom stereocenters. The molecule has 0 N–H and O–H groups in total. The van der Waals surface area contributed by atoms with Crippen molar-refractivity contribution in [3.63, 3.8) is 0 Å². The summed E-state index contributed by atoms with van der Waals surface area (Å²) in [7, 11) is 0. The van der Waals surface area contributed by atoms with Crippen molar-refractivity contribution < 1.29 is 4.79 Å². The van der Waals surface area contributed by atoms with E-state index in [1.165, 1.54) is 0 Å². The molecule has 0 saturated heterocycles.